The molecule has 15 heavy (non-hydrogen) atoms. The zero-order valence-corrected chi connectivity index (χ0v) is 8.14. The van der Waals surface area contributed by atoms with Crippen LogP contribution in [-0.2, 0) is 4.74 Å². The van der Waals surface area contributed by atoms with Crippen molar-refractivity contribution in [3.8, 4) is 0 Å². The molecule has 5 nitrogen and oxygen atoms in total. The predicted molar refractivity (Wildman–Crippen MR) is 53.7 cm³/mol. The normalized spacial score (nSPS) is 21.2. The molecule has 1 N–H and O–H groups in total. The van der Waals surface area contributed by atoms with Crippen molar-refractivity contribution in [2.24, 2.45) is 0 Å². The number of nitrogens with one attached hydrogen (secondary N) is 1. The van der Waals surface area contributed by atoms with E-state index < -0.39 is 0 Å². The van der Waals surface area contributed by atoms with Gasteiger partial charge in [0.15, 0.2) is 5.65 Å². The van der Waals surface area contributed by atoms with Gasteiger partial charge in [0.05, 0.1) is 11.8 Å². The Morgan fingerprint density at radius 1 is 1.60 bits per heavy atom. The van der Waals surface area contributed by atoms with Crippen LogP contribution in [0, 0.1) is 0 Å². The van der Waals surface area contributed by atoms with Crippen molar-refractivity contribution in [3.63, 3.8) is 0 Å². The van der Waals surface area contributed by atoms with Crippen LogP contribution in [0.3, 0.4) is 0 Å². The first-order valence-electron chi connectivity index (χ1n) is 5.03. The molecule has 5 heteroatoms. The molecule has 1 unspecified atom stereocenters. The summed E-state index contributed by atoms with van der Waals surface area (Å²) in [6.45, 7) is 0.794. The van der Waals surface area contributed by atoms with E-state index in [9.17, 15) is 4.79 Å². The van der Waals surface area contributed by atoms with Crippen molar-refractivity contribution in [1.29, 1.82) is 0 Å². The lowest BCUT2D eigenvalue weighted by Crippen LogP contribution is -2.13. The lowest BCUT2D eigenvalue weighted by molar-refractivity contribution is 0.108. The second kappa shape index (κ2) is 3.20. The van der Waals surface area contributed by atoms with E-state index in [1.165, 1.54) is 16.8 Å². The predicted octanol–water partition coefficient (Wildman–Crippen LogP) is 0.874. The van der Waals surface area contributed by atoms with Crippen molar-refractivity contribution in [3.05, 3.63) is 34.4 Å². The molecule has 1 fully saturated rings. The van der Waals surface area contributed by atoms with Crippen LogP contribution in [0.25, 0.3) is 5.65 Å². The summed E-state index contributed by atoms with van der Waals surface area (Å²) in [4.78, 5) is 15.6. The number of hydrogen-bond acceptors (Lipinski definition) is 3. The van der Waals surface area contributed by atoms with Crippen LogP contribution in [-0.4, -0.2) is 21.2 Å². The van der Waals surface area contributed by atoms with E-state index in [1.54, 1.807) is 0 Å². The van der Waals surface area contributed by atoms with Gasteiger partial charge in [0.2, 0.25) is 0 Å². The largest absolute Gasteiger partial charge is 0.372 e. The van der Waals surface area contributed by atoms with Gasteiger partial charge in [-0.05, 0) is 12.8 Å². The van der Waals surface area contributed by atoms with Gasteiger partial charge in [-0.3, -0.25) is 9.89 Å². The maximum atomic E-state index is 11.5. The van der Waals surface area contributed by atoms with Crippen LogP contribution in [0.4, 0.5) is 0 Å². The van der Waals surface area contributed by atoms with Gasteiger partial charge in [-0.2, -0.15) is 0 Å². The molecular formula is C10H11N3O2. The summed E-state index contributed by atoms with van der Waals surface area (Å²) < 4.78 is 6.98. The zero-order chi connectivity index (χ0) is 10.3. The smallest absolute Gasteiger partial charge is 0.272 e. The molecule has 1 aliphatic heterocycles. The average Bonchev–Trinajstić information content (AvgIpc) is 2.86. The SMILES string of the molecule is O=c1ccnc2cc(C3CCCO3)[nH]n12. The lowest BCUT2D eigenvalue weighted by atomic mass is 10.2. The molecule has 0 amide bonds. The molecule has 0 spiro atoms. The van der Waals surface area contributed by atoms with Gasteiger partial charge in [-0.1, -0.05) is 0 Å². The molecule has 0 bridgehead atoms. The van der Waals surface area contributed by atoms with Crippen molar-refractivity contribution in [1.82, 2.24) is 14.6 Å². The first-order valence-corrected chi connectivity index (χ1v) is 5.03. The molecule has 3 heterocycles. The van der Waals surface area contributed by atoms with Gasteiger partial charge in [0, 0.05) is 24.9 Å². The molecule has 0 aliphatic carbocycles. The highest BCUT2D eigenvalue weighted by molar-refractivity contribution is 5.38. The number of nitrogens with zero attached hydrogens (tertiary/aromatic N) is 2. The standard InChI is InChI=1S/C10H11N3O2/c14-10-3-4-11-9-6-7(12-13(9)10)8-2-1-5-15-8/h3-4,6,8,12H,1-2,5H2. The third-order valence-corrected chi connectivity index (χ3v) is 2.68. The third kappa shape index (κ3) is 1.35. The number of H-pyrrole nitrogens is 1. The van der Waals surface area contributed by atoms with E-state index in [2.05, 4.69) is 10.1 Å². The number of fused-ring (bicyclic) bond motifs is 1. The molecule has 2 aromatic heterocycles. The van der Waals surface area contributed by atoms with Gasteiger partial charge in [0.25, 0.3) is 5.56 Å². The Kier molecular flexibility index (Phi) is 1.85. The van der Waals surface area contributed by atoms with Crippen LogP contribution in [0.1, 0.15) is 24.6 Å². The summed E-state index contributed by atoms with van der Waals surface area (Å²) in [6, 6.07) is 3.31. The van der Waals surface area contributed by atoms with Crippen LogP contribution >= 0.6 is 0 Å². The fourth-order valence-electron chi connectivity index (χ4n) is 1.93. The van der Waals surface area contributed by atoms with Crippen molar-refractivity contribution < 1.29 is 4.74 Å². The number of ether oxygens (including phenoxy) is 1. The average molecular weight is 205 g/mol. The van der Waals surface area contributed by atoms with E-state index in [4.69, 9.17) is 4.74 Å². The number of aromatic nitrogens is 3. The van der Waals surface area contributed by atoms with Crippen LogP contribution < -0.4 is 5.56 Å². The summed E-state index contributed by atoms with van der Waals surface area (Å²) in [5.41, 5.74) is 1.49. The molecule has 0 radical (unpaired) electrons. The molecule has 3 rings (SSSR count). The monoisotopic (exact) mass is 205 g/mol. The molecule has 78 valence electrons. The highest BCUT2D eigenvalue weighted by Gasteiger charge is 2.19. The van der Waals surface area contributed by atoms with Crippen molar-refractivity contribution in [2.45, 2.75) is 18.9 Å². The fourth-order valence-corrected chi connectivity index (χ4v) is 1.93. The van der Waals surface area contributed by atoms with E-state index >= 15 is 0 Å². The summed E-state index contributed by atoms with van der Waals surface area (Å²) in [7, 11) is 0. The summed E-state index contributed by atoms with van der Waals surface area (Å²) >= 11 is 0. The van der Waals surface area contributed by atoms with Gasteiger partial charge < -0.3 is 4.74 Å². The van der Waals surface area contributed by atoms with E-state index in [-0.39, 0.29) is 11.7 Å². The van der Waals surface area contributed by atoms with Crippen LogP contribution in [0.15, 0.2) is 23.1 Å². The van der Waals surface area contributed by atoms with E-state index in [0.29, 0.717) is 5.65 Å². The highest BCUT2D eigenvalue weighted by Crippen LogP contribution is 2.27. The summed E-state index contributed by atoms with van der Waals surface area (Å²) in [5.74, 6) is 0. The van der Waals surface area contributed by atoms with Crippen LogP contribution in [0.2, 0.25) is 0 Å². The number of aromatic amines is 1. The molecule has 1 aliphatic rings. The topological polar surface area (TPSA) is 59.4 Å². The van der Waals surface area contributed by atoms with Crippen molar-refractivity contribution in [2.75, 3.05) is 6.61 Å². The quantitative estimate of drug-likeness (QED) is 0.751. The summed E-state index contributed by atoms with van der Waals surface area (Å²) in [6.07, 6.45) is 3.68. The fraction of sp³-hybridized carbons (Fsp3) is 0.400. The molecule has 1 atom stereocenters. The summed E-state index contributed by atoms with van der Waals surface area (Å²) in [5, 5.41) is 3.02. The second-order valence-electron chi connectivity index (χ2n) is 3.69. The first-order chi connectivity index (χ1) is 7.34. The second-order valence-corrected chi connectivity index (χ2v) is 3.69. The molecule has 0 saturated carbocycles. The Morgan fingerprint density at radius 3 is 3.27 bits per heavy atom. The number of hydrogen-bond donors (Lipinski definition) is 1. The Morgan fingerprint density at radius 2 is 2.53 bits per heavy atom. The third-order valence-electron chi connectivity index (χ3n) is 2.68. The van der Waals surface area contributed by atoms with Gasteiger partial charge in [0.1, 0.15) is 0 Å². The maximum absolute atomic E-state index is 11.5. The van der Waals surface area contributed by atoms with Crippen LogP contribution in [0.5, 0.6) is 0 Å². The number of rotatable bonds is 1. The Balaban J connectivity index is 2.13. The molecule has 0 aromatic carbocycles. The van der Waals surface area contributed by atoms with E-state index in [0.717, 1.165) is 25.1 Å². The van der Waals surface area contributed by atoms with Gasteiger partial charge in [-0.25, -0.2) is 9.50 Å². The Bertz CT molecular complexity index is 537. The lowest BCUT2D eigenvalue weighted by Gasteiger charge is -2.04. The van der Waals surface area contributed by atoms with Gasteiger partial charge >= 0.3 is 0 Å². The molecule has 1 saturated heterocycles. The first kappa shape index (κ1) is 8.67. The molecule has 2 aromatic rings. The Labute approximate surface area is 85.7 Å². The molecular weight excluding hydrogens is 194 g/mol. The zero-order valence-electron chi connectivity index (χ0n) is 8.14. The van der Waals surface area contributed by atoms with E-state index in [1.807, 2.05) is 6.07 Å². The van der Waals surface area contributed by atoms with Gasteiger partial charge in [-0.15, -0.1) is 0 Å². The minimum Gasteiger partial charge on any atom is -0.372 e. The highest BCUT2D eigenvalue weighted by atomic mass is 16.5. The van der Waals surface area contributed by atoms with Crippen molar-refractivity contribution >= 4 is 5.65 Å². The minimum atomic E-state index is -0.0933. The Hall–Kier alpha value is -1.62. The maximum Gasteiger partial charge on any atom is 0.272 e. The minimum absolute atomic E-state index is 0.0890.